The second-order valence-corrected chi connectivity index (χ2v) is 3.47. The van der Waals surface area contributed by atoms with E-state index in [2.05, 4.69) is 6.92 Å². The molecule has 4 heteroatoms. The van der Waals surface area contributed by atoms with E-state index in [1.54, 1.807) is 19.1 Å². The number of carbonyl (C=O) groups excluding carboxylic acids is 1. The minimum absolute atomic E-state index is 0.0261. The van der Waals surface area contributed by atoms with Gasteiger partial charge in [-0.2, -0.15) is 0 Å². The third-order valence-corrected chi connectivity index (χ3v) is 2.28. The molecule has 0 aliphatic heterocycles. The van der Waals surface area contributed by atoms with Crippen molar-refractivity contribution in [2.45, 2.75) is 19.8 Å². The molecule has 1 atom stereocenters. The summed E-state index contributed by atoms with van der Waals surface area (Å²) in [6.07, 6.45) is 1.86. The van der Waals surface area contributed by atoms with E-state index in [9.17, 15) is 4.79 Å². The molecule has 1 amide bonds. The Hall–Kier alpha value is -0.610. The van der Waals surface area contributed by atoms with Crippen LogP contribution in [0.3, 0.4) is 0 Å². The molecule has 84 valence electrons. The summed E-state index contributed by atoms with van der Waals surface area (Å²) in [7, 11) is 3.42. The van der Waals surface area contributed by atoms with Crippen LogP contribution in [0.2, 0.25) is 0 Å². The van der Waals surface area contributed by atoms with Crippen molar-refractivity contribution >= 4 is 5.91 Å². The Bertz CT molecular complexity index is 162. The second kappa shape index (κ2) is 7.76. The molecule has 0 rings (SSSR count). The van der Waals surface area contributed by atoms with E-state index >= 15 is 0 Å². The van der Waals surface area contributed by atoms with Crippen molar-refractivity contribution in [2.24, 2.45) is 11.7 Å². The lowest BCUT2D eigenvalue weighted by atomic mass is 10.0. The number of ether oxygens (including phenoxy) is 1. The summed E-state index contributed by atoms with van der Waals surface area (Å²) in [6, 6.07) is 0. The number of methoxy groups -OCH3 is 1. The number of hydrogen-bond donors (Lipinski definition) is 1. The number of amides is 1. The second-order valence-electron chi connectivity index (χ2n) is 3.47. The van der Waals surface area contributed by atoms with Crippen molar-refractivity contribution in [1.29, 1.82) is 0 Å². The number of nitrogens with two attached hydrogens (primary N) is 1. The van der Waals surface area contributed by atoms with Gasteiger partial charge in [-0.05, 0) is 6.42 Å². The van der Waals surface area contributed by atoms with E-state index in [0.29, 0.717) is 19.7 Å². The highest BCUT2D eigenvalue weighted by molar-refractivity contribution is 5.78. The molecule has 0 aliphatic carbocycles. The Kier molecular flexibility index (Phi) is 7.42. The Labute approximate surface area is 86.4 Å². The first-order valence-corrected chi connectivity index (χ1v) is 5.11. The third-order valence-electron chi connectivity index (χ3n) is 2.28. The monoisotopic (exact) mass is 202 g/mol. The first-order valence-electron chi connectivity index (χ1n) is 5.11. The van der Waals surface area contributed by atoms with Crippen LogP contribution in [-0.4, -0.2) is 44.7 Å². The molecule has 0 fully saturated rings. The van der Waals surface area contributed by atoms with Gasteiger partial charge in [0, 0.05) is 27.2 Å². The highest BCUT2D eigenvalue weighted by atomic mass is 16.5. The Balaban J connectivity index is 3.99. The first kappa shape index (κ1) is 13.4. The maximum atomic E-state index is 11.8. The van der Waals surface area contributed by atoms with Gasteiger partial charge < -0.3 is 15.4 Å². The summed E-state index contributed by atoms with van der Waals surface area (Å²) in [5.74, 6) is 0.105. The molecule has 14 heavy (non-hydrogen) atoms. The molecule has 0 radical (unpaired) electrons. The minimum Gasteiger partial charge on any atom is -0.383 e. The Morgan fingerprint density at radius 1 is 1.57 bits per heavy atom. The molecule has 0 aromatic rings. The summed E-state index contributed by atoms with van der Waals surface area (Å²) in [6.45, 7) is 3.70. The normalized spacial score (nSPS) is 12.6. The van der Waals surface area contributed by atoms with Gasteiger partial charge in [0.15, 0.2) is 0 Å². The van der Waals surface area contributed by atoms with E-state index in [4.69, 9.17) is 10.5 Å². The predicted molar refractivity (Wildman–Crippen MR) is 57.0 cm³/mol. The molecule has 0 aromatic carbocycles. The van der Waals surface area contributed by atoms with Crippen molar-refractivity contribution in [3.63, 3.8) is 0 Å². The average Bonchev–Trinajstić information content (AvgIpc) is 2.21. The van der Waals surface area contributed by atoms with Crippen LogP contribution in [0.4, 0.5) is 0 Å². The number of nitrogens with zero attached hydrogens (tertiary/aromatic N) is 1. The van der Waals surface area contributed by atoms with E-state index < -0.39 is 0 Å². The molecule has 0 saturated carbocycles. The molecule has 1 unspecified atom stereocenters. The average molecular weight is 202 g/mol. The van der Waals surface area contributed by atoms with Crippen molar-refractivity contribution in [1.82, 2.24) is 4.90 Å². The fourth-order valence-corrected chi connectivity index (χ4v) is 1.34. The van der Waals surface area contributed by atoms with Crippen molar-refractivity contribution in [2.75, 3.05) is 33.9 Å². The summed E-state index contributed by atoms with van der Waals surface area (Å²) in [5, 5.41) is 0. The van der Waals surface area contributed by atoms with Gasteiger partial charge in [-0.25, -0.2) is 0 Å². The van der Waals surface area contributed by atoms with Gasteiger partial charge in [-0.1, -0.05) is 13.3 Å². The molecule has 0 saturated heterocycles. The number of carbonyl (C=O) groups is 1. The molecule has 0 aromatic heterocycles. The van der Waals surface area contributed by atoms with Gasteiger partial charge >= 0.3 is 0 Å². The highest BCUT2D eigenvalue weighted by Gasteiger charge is 2.19. The summed E-state index contributed by atoms with van der Waals surface area (Å²) in [4.78, 5) is 13.5. The van der Waals surface area contributed by atoms with Crippen LogP contribution in [0, 0.1) is 5.92 Å². The smallest absolute Gasteiger partial charge is 0.226 e. The topological polar surface area (TPSA) is 55.6 Å². The molecular formula is C10H22N2O2. The quantitative estimate of drug-likeness (QED) is 0.653. The molecule has 0 aliphatic rings. The Morgan fingerprint density at radius 3 is 2.64 bits per heavy atom. The summed E-state index contributed by atoms with van der Waals surface area (Å²) in [5.41, 5.74) is 5.55. The first-order chi connectivity index (χ1) is 6.67. The zero-order valence-corrected chi connectivity index (χ0v) is 9.45. The van der Waals surface area contributed by atoms with E-state index in [1.165, 1.54) is 0 Å². The molecular weight excluding hydrogens is 180 g/mol. The highest BCUT2D eigenvalue weighted by Crippen LogP contribution is 2.07. The van der Waals surface area contributed by atoms with Gasteiger partial charge in [0.2, 0.25) is 5.91 Å². The van der Waals surface area contributed by atoms with E-state index in [-0.39, 0.29) is 11.8 Å². The maximum Gasteiger partial charge on any atom is 0.226 e. The molecule has 0 spiro atoms. The molecule has 2 N–H and O–H groups in total. The van der Waals surface area contributed by atoms with E-state index in [0.717, 1.165) is 12.8 Å². The summed E-state index contributed by atoms with van der Waals surface area (Å²) < 4.78 is 4.91. The molecule has 0 bridgehead atoms. The van der Waals surface area contributed by atoms with E-state index in [1.807, 2.05) is 0 Å². The predicted octanol–water partition coefficient (Wildman–Crippen LogP) is 0.466. The number of rotatable bonds is 7. The van der Waals surface area contributed by atoms with Crippen molar-refractivity contribution in [3.05, 3.63) is 0 Å². The number of hydrogen-bond acceptors (Lipinski definition) is 3. The lowest BCUT2D eigenvalue weighted by Crippen LogP contribution is -2.38. The van der Waals surface area contributed by atoms with Gasteiger partial charge in [0.25, 0.3) is 0 Å². The standard InChI is InChI=1S/C10H22N2O2/c1-4-5-9(8-11)10(13)12(2)6-7-14-3/h9H,4-8,11H2,1-3H3. The fraction of sp³-hybridized carbons (Fsp3) is 0.900. The van der Waals surface area contributed by atoms with Gasteiger partial charge in [0.1, 0.15) is 0 Å². The number of likely N-dealkylation sites (N-methyl/N-ethyl adjacent to an activating group) is 1. The molecule has 0 heterocycles. The summed E-state index contributed by atoms with van der Waals surface area (Å²) >= 11 is 0. The van der Waals surface area contributed by atoms with Crippen LogP contribution < -0.4 is 5.73 Å². The van der Waals surface area contributed by atoms with Crippen LogP contribution >= 0.6 is 0 Å². The van der Waals surface area contributed by atoms with Crippen molar-refractivity contribution in [3.8, 4) is 0 Å². The van der Waals surface area contributed by atoms with Crippen LogP contribution in [0.1, 0.15) is 19.8 Å². The van der Waals surface area contributed by atoms with Crippen molar-refractivity contribution < 1.29 is 9.53 Å². The van der Waals surface area contributed by atoms with Gasteiger partial charge in [0.05, 0.1) is 12.5 Å². The lowest BCUT2D eigenvalue weighted by Gasteiger charge is -2.22. The lowest BCUT2D eigenvalue weighted by molar-refractivity contribution is -0.134. The van der Waals surface area contributed by atoms with Crippen LogP contribution in [0.25, 0.3) is 0 Å². The van der Waals surface area contributed by atoms with Crippen LogP contribution in [0.5, 0.6) is 0 Å². The Morgan fingerprint density at radius 2 is 2.21 bits per heavy atom. The van der Waals surface area contributed by atoms with Crippen LogP contribution in [-0.2, 0) is 9.53 Å². The zero-order chi connectivity index (χ0) is 11.0. The molecule has 4 nitrogen and oxygen atoms in total. The zero-order valence-electron chi connectivity index (χ0n) is 9.45. The largest absolute Gasteiger partial charge is 0.383 e. The van der Waals surface area contributed by atoms with Gasteiger partial charge in [-0.15, -0.1) is 0 Å². The van der Waals surface area contributed by atoms with Crippen LogP contribution in [0.15, 0.2) is 0 Å². The minimum atomic E-state index is -0.0261. The third kappa shape index (κ3) is 4.58. The SMILES string of the molecule is CCCC(CN)C(=O)N(C)CCOC. The fourth-order valence-electron chi connectivity index (χ4n) is 1.34. The van der Waals surface area contributed by atoms with Gasteiger partial charge in [-0.3, -0.25) is 4.79 Å². The maximum absolute atomic E-state index is 11.8.